The van der Waals surface area contributed by atoms with Crippen LogP contribution in [0.2, 0.25) is 0 Å². The third-order valence-electron chi connectivity index (χ3n) is 7.44. The fourth-order valence-corrected chi connectivity index (χ4v) is 5.40. The average molecular weight is 576 g/mol. The van der Waals surface area contributed by atoms with E-state index in [4.69, 9.17) is 14.2 Å². The molecule has 8 heteroatoms. The molecule has 0 saturated heterocycles. The highest BCUT2D eigenvalue weighted by Gasteiger charge is 2.40. The molecule has 3 rings (SSSR count). The van der Waals surface area contributed by atoms with Gasteiger partial charge < -0.3 is 24.8 Å². The van der Waals surface area contributed by atoms with E-state index in [-0.39, 0.29) is 29.1 Å². The molecule has 3 aromatic rings. The molecule has 2 N–H and O–H groups in total. The number of nitrogens with zero attached hydrogens (tertiary/aromatic N) is 1. The number of ether oxygens (including phenoxy) is 3. The van der Waals surface area contributed by atoms with E-state index in [9.17, 15) is 9.59 Å². The van der Waals surface area contributed by atoms with Crippen molar-refractivity contribution < 1.29 is 23.8 Å². The predicted molar refractivity (Wildman–Crippen MR) is 166 cm³/mol. The van der Waals surface area contributed by atoms with Crippen LogP contribution in [-0.2, 0) is 11.3 Å². The Morgan fingerprint density at radius 2 is 1.62 bits per heavy atom. The number of nitrogens with one attached hydrogen (secondary N) is 2. The fraction of sp³-hybridized carbons (Fsp3) is 0.441. The highest BCUT2D eigenvalue weighted by molar-refractivity contribution is 5.94. The van der Waals surface area contributed by atoms with E-state index in [1.165, 1.54) is 6.20 Å². The molecule has 1 heterocycles. The average Bonchev–Trinajstić information content (AvgIpc) is 2.98. The van der Waals surface area contributed by atoms with Gasteiger partial charge in [-0.3, -0.25) is 14.6 Å². The molecule has 0 fully saturated rings. The monoisotopic (exact) mass is 575 g/mol. The second-order valence-electron chi connectivity index (χ2n) is 11.5. The zero-order valence-electron chi connectivity index (χ0n) is 26.0. The van der Waals surface area contributed by atoms with Gasteiger partial charge in [0.15, 0.2) is 11.5 Å². The van der Waals surface area contributed by atoms with Crippen LogP contribution in [-0.4, -0.2) is 38.1 Å². The molecule has 2 aromatic carbocycles. The van der Waals surface area contributed by atoms with Crippen molar-refractivity contribution in [3.63, 3.8) is 0 Å². The van der Waals surface area contributed by atoms with E-state index in [2.05, 4.69) is 43.3 Å². The van der Waals surface area contributed by atoms with Gasteiger partial charge in [-0.2, -0.15) is 0 Å². The molecular formula is C34H45N3O5. The number of methoxy groups -OCH3 is 3. The van der Waals surface area contributed by atoms with Crippen molar-refractivity contribution in [2.24, 2.45) is 11.3 Å². The number of anilines is 1. The number of unbranched alkanes of at least 4 members (excludes halogenated alkanes) is 2. The molecule has 2 atom stereocenters. The maximum Gasteiger partial charge on any atom is 0.253 e. The lowest BCUT2D eigenvalue weighted by Gasteiger charge is -2.37. The van der Waals surface area contributed by atoms with Gasteiger partial charge in [-0.1, -0.05) is 59.1 Å². The maximum absolute atomic E-state index is 14.2. The lowest BCUT2D eigenvalue weighted by atomic mass is 9.68. The topological polar surface area (TPSA) is 98.8 Å². The number of amides is 2. The molecular weight excluding hydrogens is 530 g/mol. The third kappa shape index (κ3) is 8.47. The molecule has 0 aliphatic rings. The molecule has 0 aliphatic heterocycles. The maximum atomic E-state index is 14.2. The number of aromatic nitrogens is 1. The van der Waals surface area contributed by atoms with E-state index in [1.54, 1.807) is 39.7 Å². The van der Waals surface area contributed by atoms with Crippen LogP contribution in [0, 0.1) is 11.3 Å². The normalized spacial score (nSPS) is 12.6. The first-order valence-electron chi connectivity index (χ1n) is 14.5. The summed E-state index contributed by atoms with van der Waals surface area (Å²) in [6, 6.07) is 14.8. The standard InChI is InChI=1S/C34H45N3O5/c1-8-9-10-16-26(27-19-29(41-6)30(42-7)20-28(27)40-5)31(34(2,3)4)33(39)37-25-15-11-13-23(18-25)21-36-32(38)24-14-12-17-35-22-24/h11-15,17-20,22,26,31H,8-10,16,21H2,1-7H3,(H,36,38)(H,37,39). The van der Waals surface area contributed by atoms with E-state index in [0.717, 1.165) is 36.8 Å². The van der Waals surface area contributed by atoms with Crippen LogP contribution in [0.25, 0.3) is 0 Å². The Kier molecular flexibility index (Phi) is 11.8. The van der Waals surface area contributed by atoms with Crippen molar-refractivity contribution in [2.45, 2.75) is 65.8 Å². The molecule has 2 amide bonds. The Hall–Kier alpha value is -4.07. The largest absolute Gasteiger partial charge is 0.496 e. The Bertz CT molecular complexity index is 1320. The molecule has 1 aromatic heterocycles. The number of rotatable bonds is 14. The first-order valence-corrected chi connectivity index (χ1v) is 14.5. The van der Waals surface area contributed by atoms with Crippen molar-refractivity contribution in [3.05, 3.63) is 77.6 Å². The summed E-state index contributed by atoms with van der Waals surface area (Å²) in [5, 5.41) is 6.10. The van der Waals surface area contributed by atoms with Crippen LogP contribution < -0.4 is 24.8 Å². The minimum atomic E-state index is -0.379. The van der Waals surface area contributed by atoms with Crippen LogP contribution in [0.15, 0.2) is 60.9 Å². The molecule has 0 spiro atoms. The zero-order valence-corrected chi connectivity index (χ0v) is 26.0. The first-order chi connectivity index (χ1) is 20.1. The highest BCUT2D eigenvalue weighted by atomic mass is 16.5. The summed E-state index contributed by atoms with van der Waals surface area (Å²) in [7, 11) is 4.85. The summed E-state index contributed by atoms with van der Waals surface area (Å²) in [5.74, 6) is 1.06. The summed E-state index contributed by atoms with van der Waals surface area (Å²) in [5.41, 5.74) is 2.60. The van der Waals surface area contributed by atoms with E-state index in [0.29, 0.717) is 35.0 Å². The van der Waals surface area contributed by atoms with Crippen molar-refractivity contribution in [1.82, 2.24) is 10.3 Å². The van der Waals surface area contributed by atoms with E-state index >= 15 is 0 Å². The minimum Gasteiger partial charge on any atom is -0.496 e. The van der Waals surface area contributed by atoms with E-state index in [1.807, 2.05) is 36.4 Å². The van der Waals surface area contributed by atoms with Gasteiger partial charge in [-0.25, -0.2) is 0 Å². The van der Waals surface area contributed by atoms with Crippen LogP contribution >= 0.6 is 0 Å². The van der Waals surface area contributed by atoms with Gasteiger partial charge in [0.1, 0.15) is 5.75 Å². The Morgan fingerprint density at radius 1 is 0.905 bits per heavy atom. The highest BCUT2D eigenvalue weighted by Crippen LogP contribution is 2.47. The lowest BCUT2D eigenvalue weighted by Crippen LogP contribution is -2.38. The second kappa shape index (κ2) is 15.2. The van der Waals surface area contributed by atoms with Gasteiger partial charge in [0.2, 0.25) is 5.91 Å². The van der Waals surface area contributed by atoms with Gasteiger partial charge in [-0.15, -0.1) is 0 Å². The van der Waals surface area contributed by atoms with Gasteiger partial charge >= 0.3 is 0 Å². The summed E-state index contributed by atoms with van der Waals surface area (Å²) in [4.78, 5) is 30.7. The van der Waals surface area contributed by atoms with Gasteiger partial charge in [-0.05, 0) is 53.6 Å². The number of carbonyl (C=O) groups is 2. The van der Waals surface area contributed by atoms with Crippen LogP contribution in [0.3, 0.4) is 0 Å². The summed E-state index contributed by atoms with van der Waals surface area (Å²) >= 11 is 0. The summed E-state index contributed by atoms with van der Waals surface area (Å²) in [6.07, 6.45) is 7.09. The molecule has 8 nitrogen and oxygen atoms in total. The number of hydrogen-bond donors (Lipinski definition) is 2. The SMILES string of the molecule is CCCCCC(c1cc(OC)c(OC)cc1OC)C(C(=O)Nc1cccc(CNC(=O)c2cccnc2)c1)C(C)(C)C. The van der Waals surface area contributed by atoms with Crippen molar-refractivity contribution in [3.8, 4) is 17.2 Å². The summed E-state index contributed by atoms with van der Waals surface area (Å²) < 4.78 is 17.0. The molecule has 226 valence electrons. The number of hydrogen-bond acceptors (Lipinski definition) is 6. The Balaban J connectivity index is 1.91. The minimum absolute atomic E-state index is 0.0719. The number of carbonyl (C=O) groups excluding carboxylic acids is 2. The molecule has 0 aliphatic carbocycles. The molecule has 0 radical (unpaired) electrons. The lowest BCUT2D eigenvalue weighted by molar-refractivity contribution is -0.124. The van der Waals surface area contributed by atoms with Crippen molar-refractivity contribution in [2.75, 3.05) is 26.6 Å². The van der Waals surface area contributed by atoms with Gasteiger partial charge in [0.25, 0.3) is 5.91 Å². The molecule has 2 unspecified atom stereocenters. The second-order valence-corrected chi connectivity index (χ2v) is 11.5. The van der Waals surface area contributed by atoms with Crippen LogP contribution in [0.5, 0.6) is 17.2 Å². The van der Waals surface area contributed by atoms with Gasteiger partial charge in [0, 0.05) is 36.3 Å². The predicted octanol–water partition coefficient (Wildman–Crippen LogP) is 7.00. The quantitative estimate of drug-likeness (QED) is 0.201. The third-order valence-corrected chi connectivity index (χ3v) is 7.44. The Labute approximate surface area is 250 Å². The smallest absolute Gasteiger partial charge is 0.253 e. The van der Waals surface area contributed by atoms with Crippen LogP contribution in [0.1, 0.15) is 80.8 Å². The molecule has 0 saturated carbocycles. The first kappa shape index (κ1) is 32.4. The zero-order chi connectivity index (χ0) is 30.7. The number of pyridine rings is 1. The van der Waals surface area contributed by atoms with E-state index < -0.39 is 0 Å². The van der Waals surface area contributed by atoms with Crippen molar-refractivity contribution >= 4 is 17.5 Å². The van der Waals surface area contributed by atoms with Crippen LogP contribution in [0.4, 0.5) is 5.69 Å². The Morgan fingerprint density at radius 3 is 2.24 bits per heavy atom. The molecule has 0 bridgehead atoms. The summed E-state index contributed by atoms with van der Waals surface area (Å²) in [6.45, 7) is 8.79. The van der Waals surface area contributed by atoms with Crippen molar-refractivity contribution in [1.29, 1.82) is 0 Å². The fourth-order valence-electron chi connectivity index (χ4n) is 5.40. The number of benzene rings is 2. The molecule has 42 heavy (non-hydrogen) atoms. The van der Waals surface area contributed by atoms with Gasteiger partial charge in [0.05, 0.1) is 32.8 Å².